The lowest BCUT2D eigenvalue weighted by molar-refractivity contribution is -0.121. The van der Waals surface area contributed by atoms with Gasteiger partial charge in [0.15, 0.2) is 10.6 Å². The van der Waals surface area contributed by atoms with Crippen LogP contribution in [0.25, 0.3) is 11.4 Å². The van der Waals surface area contributed by atoms with Crippen LogP contribution >= 0.6 is 23.6 Å². The van der Waals surface area contributed by atoms with Gasteiger partial charge in [-0.3, -0.25) is 19.4 Å². The molecule has 30 heavy (non-hydrogen) atoms. The molecule has 0 aliphatic carbocycles. The Kier molecular flexibility index (Phi) is 6.76. The molecule has 2 N–H and O–H groups in total. The summed E-state index contributed by atoms with van der Waals surface area (Å²) in [5.74, 6) is 1.20. The van der Waals surface area contributed by atoms with Crippen molar-refractivity contribution in [2.24, 2.45) is 5.92 Å². The summed E-state index contributed by atoms with van der Waals surface area (Å²) in [6, 6.07) is 12.4. The Labute approximate surface area is 185 Å². The Hall–Kier alpha value is -2.29. The summed E-state index contributed by atoms with van der Waals surface area (Å²) in [5, 5.41) is 12.4. The van der Waals surface area contributed by atoms with Gasteiger partial charge in [-0.15, -0.1) is 11.3 Å². The summed E-state index contributed by atoms with van der Waals surface area (Å²) < 4.78 is 2.22. The van der Waals surface area contributed by atoms with E-state index in [1.807, 2.05) is 42.5 Å². The molecule has 1 saturated heterocycles. The number of rotatable bonds is 7. The van der Waals surface area contributed by atoms with Crippen molar-refractivity contribution in [3.8, 4) is 11.4 Å². The molecule has 3 heterocycles. The van der Waals surface area contributed by atoms with Crippen LogP contribution in [0, 0.1) is 17.6 Å². The second-order valence-corrected chi connectivity index (χ2v) is 9.33. The number of carbonyl (C=O) groups excluding carboxylic acids is 1. The van der Waals surface area contributed by atoms with E-state index in [4.69, 9.17) is 12.2 Å². The van der Waals surface area contributed by atoms with Crippen molar-refractivity contribution in [3.63, 3.8) is 0 Å². The molecular weight excluding hydrogens is 414 g/mol. The number of aromatic nitrogens is 3. The molecule has 0 saturated carbocycles. The number of thiophene rings is 1. The summed E-state index contributed by atoms with van der Waals surface area (Å²) in [6.45, 7) is 6.15. The Morgan fingerprint density at radius 1 is 1.27 bits per heavy atom. The third kappa shape index (κ3) is 5.24. The molecule has 1 aliphatic heterocycles. The van der Waals surface area contributed by atoms with Gasteiger partial charge >= 0.3 is 0 Å². The van der Waals surface area contributed by atoms with Crippen LogP contribution in [0.2, 0.25) is 0 Å². The molecular formula is C22H27N5OS2. The first-order valence-corrected chi connectivity index (χ1v) is 11.6. The molecule has 2 aromatic heterocycles. The molecule has 0 radical (unpaired) electrons. The molecule has 0 atom stereocenters. The first-order chi connectivity index (χ1) is 14.6. The Balaban J connectivity index is 1.27. The molecule has 3 aromatic rings. The quantitative estimate of drug-likeness (QED) is 0.544. The Morgan fingerprint density at radius 2 is 2.03 bits per heavy atom. The highest BCUT2D eigenvalue weighted by Gasteiger charge is 2.20. The molecule has 1 aliphatic rings. The first-order valence-electron chi connectivity index (χ1n) is 10.3. The van der Waals surface area contributed by atoms with Crippen LogP contribution in [0.5, 0.6) is 0 Å². The van der Waals surface area contributed by atoms with E-state index < -0.39 is 0 Å². The predicted molar refractivity (Wildman–Crippen MR) is 123 cm³/mol. The molecule has 1 amide bonds. The average Bonchev–Trinajstić information content (AvgIpc) is 3.39. The molecule has 1 aromatic carbocycles. The highest BCUT2D eigenvalue weighted by Crippen LogP contribution is 2.21. The topological polar surface area (TPSA) is 66.0 Å². The molecule has 158 valence electrons. The summed E-state index contributed by atoms with van der Waals surface area (Å²) in [5.41, 5.74) is 2.12. The van der Waals surface area contributed by atoms with Crippen LogP contribution in [0.3, 0.4) is 0 Å². The molecule has 0 bridgehead atoms. The molecule has 0 spiro atoms. The molecule has 6 nitrogen and oxygen atoms in total. The van der Waals surface area contributed by atoms with E-state index in [0.29, 0.717) is 16.5 Å². The van der Waals surface area contributed by atoms with E-state index in [-0.39, 0.29) is 12.5 Å². The van der Waals surface area contributed by atoms with Crippen LogP contribution in [0.4, 0.5) is 0 Å². The summed E-state index contributed by atoms with van der Waals surface area (Å²) in [4.78, 5) is 16.5. The van der Waals surface area contributed by atoms with Crippen molar-refractivity contribution in [1.29, 1.82) is 0 Å². The summed E-state index contributed by atoms with van der Waals surface area (Å²) in [6.07, 6.45) is 2.23. The maximum Gasteiger partial charge on any atom is 0.240 e. The van der Waals surface area contributed by atoms with E-state index in [1.165, 1.54) is 10.4 Å². The van der Waals surface area contributed by atoms with Gasteiger partial charge in [0.1, 0.15) is 6.54 Å². The normalized spacial score (nSPS) is 15.4. The number of amides is 1. The van der Waals surface area contributed by atoms with E-state index in [0.717, 1.165) is 44.6 Å². The van der Waals surface area contributed by atoms with Crippen molar-refractivity contribution < 1.29 is 4.79 Å². The molecule has 1 fully saturated rings. The van der Waals surface area contributed by atoms with Gasteiger partial charge in [0.25, 0.3) is 0 Å². The zero-order valence-electron chi connectivity index (χ0n) is 17.1. The maximum absolute atomic E-state index is 12.6. The second-order valence-electron chi connectivity index (χ2n) is 7.91. The highest BCUT2D eigenvalue weighted by molar-refractivity contribution is 7.71. The first kappa shape index (κ1) is 21.0. The number of aromatic amines is 1. The largest absolute Gasteiger partial charge is 0.354 e. The van der Waals surface area contributed by atoms with Crippen molar-refractivity contribution in [2.75, 3.05) is 19.6 Å². The zero-order chi connectivity index (χ0) is 20.9. The monoisotopic (exact) mass is 441 g/mol. The smallest absolute Gasteiger partial charge is 0.240 e. The number of piperidine rings is 1. The molecule has 0 unspecified atom stereocenters. The van der Waals surface area contributed by atoms with Crippen LogP contribution in [-0.2, 0) is 17.9 Å². The van der Waals surface area contributed by atoms with Crippen molar-refractivity contribution in [3.05, 3.63) is 57.0 Å². The maximum atomic E-state index is 12.6. The third-order valence-corrected chi connectivity index (χ3v) is 6.80. The lowest BCUT2D eigenvalue weighted by atomic mass is 9.97. The number of likely N-dealkylation sites (tertiary alicyclic amines) is 1. The third-order valence-electron chi connectivity index (χ3n) is 5.62. The van der Waals surface area contributed by atoms with Gasteiger partial charge in [0, 0.05) is 23.5 Å². The van der Waals surface area contributed by atoms with Crippen molar-refractivity contribution in [2.45, 2.75) is 32.9 Å². The van der Waals surface area contributed by atoms with Crippen LogP contribution in [0.15, 0.2) is 41.8 Å². The molecule has 4 rings (SSSR count). The Bertz CT molecular complexity index is 1010. The fourth-order valence-electron chi connectivity index (χ4n) is 3.82. The number of H-pyrrole nitrogens is 1. The minimum atomic E-state index is -0.0260. The van der Waals surface area contributed by atoms with Gasteiger partial charge in [0.2, 0.25) is 5.91 Å². The van der Waals surface area contributed by atoms with Gasteiger partial charge < -0.3 is 5.32 Å². The van der Waals surface area contributed by atoms with Gasteiger partial charge in [-0.1, -0.05) is 35.9 Å². The minimum Gasteiger partial charge on any atom is -0.354 e. The van der Waals surface area contributed by atoms with E-state index in [9.17, 15) is 4.79 Å². The summed E-state index contributed by atoms with van der Waals surface area (Å²) in [7, 11) is 0. The average molecular weight is 442 g/mol. The van der Waals surface area contributed by atoms with Crippen LogP contribution in [-0.4, -0.2) is 45.2 Å². The fraction of sp³-hybridized carbons (Fsp3) is 0.409. The molecule has 8 heteroatoms. The van der Waals surface area contributed by atoms with E-state index in [1.54, 1.807) is 4.57 Å². The summed E-state index contributed by atoms with van der Waals surface area (Å²) >= 11 is 7.16. The van der Waals surface area contributed by atoms with Crippen molar-refractivity contribution in [1.82, 2.24) is 25.0 Å². The van der Waals surface area contributed by atoms with E-state index >= 15 is 0 Å². The lowest BCUT2D eigenvalue weighted by Crippen LogP contribution is -2.39. The van der Waals surface area contributed by atoms with Crippen LogP contribution in [0.1, 0.15) is 23.3 Å². The number of carbonyl (C=O) groups is 1. The van der Waals surface area contributed by atoms with Gasteiger partial charge in [-0.05, 0) is 62.4 Å². The number of aryl methyl sites for hydroxylation is 1. The zero-order valence-corrected chi connectivity index (χ0v) is 18.8. The Morgan fingerprint density at radius 3 is 2.73 bits per heavy atom. The lowest BCUT2D eigenvalue weighted by Gasteiger charge is -2.31. The SMILES string of the molecule is Cc1ccc(-c2n[nH]c(=S)n2CC(=O)NCC2CCN(Cc3cccs3)CC2)cc1. The van der Waals surface area contributed by atoms with Crippen LogP contribution < -0.4 is 5.32 Å². The number of hydrogen-bond donors (Lipinski definition) is 2. The van der Waals surface area contributed by atoms with Crippen molar-refractivity contribution >= 4 is 29.5 Å². The van der Waals surface area contributed by atoms with E-state index in [2.05, 4.69) is 37.9 Å². The number of benzene rings is 1. The van der Waals surface area contributed by atoms with Gasteiger partial charge in [-0.25, -0.2) is 0 Å². The predicted octanol–water partition coefficient (Wildman–Crippen LogP) is 4.01. The number of nitrogens with zero attached hydrogens (tertiary/aromatic N) is 3. The second kappa shape index (κ2) is 9.68. The highest BCUT2D eigenvalue weighted by atomic mass is 32.1. The number of nitrogens with one attached hydrogen (secondary N) is 2. The number of hydrogen-bond acceptors (Lipinski definition) is 5. The fourth-order valence-corrected chi connectivity index (χ4v) is 4.76. The minimum absolute atomic E-state index is 0.0260. The van der Waals surface area contributed by atoms with Gasteiger partial charge in [0.05, 0.1) is 0 Å². The van der Waals surface area contributed by atoms with Gasteiger partial charge in [-0.2, -0.15) is 5.10 Å². The standard InChI is InChI=1S/C22H27N5OS2/c1-16-4-6-18(7-5-16)21-24-25-22(29)27(21)15-20(28)23-13-17-8-10-26(11-9-17)14-19-3-2-12-30-19/h2-7,12,17H,8-11,13-15H2,1H3,(H,23,28)(H,25,29).